The van der Waals surface area contributed by atoms with Gasteiger partial charge in [0.1, 0.15) is 0 Å². The van der Waals surface area contributed by atoms with Crippen LogP contribution in [0.4, 0.5) is 34.1 Å². The lowest BCUT2D eigenvalue weighted by atomic mass is 9.64. The quantitative estimate of drug-likeness (QED) is 0.154. The zero-order valence-electron chi connectivity index (χ0n) is 37.8. The first-order valence-electron chi connectivity index (χ1n) is 23.9. The topological polar surface area (TPSA) is 6.48 Å². The van der Waals surface area contributed by atoms with Gasteiger partial charge in [-0.25, -0.2) is 0 Å². The minimum atomic E-state index is -0.602. The zero-order valence-corrected chi connectivity index (χ0v) is 37.8. The number of hydrogen-bond donors (Lipinski definition) is 0. The molecule has 2 nitrogen and oxygen atoms in total. The van der Waals surface area contributed by atoms with Crippen molar-refractivity contribution in [1.29, 1.82) is 0 Å². The second-order valence-corrected chi connectivity index (χ2v) is 18.3. The maximum Gasteiger partial charge on any atom is 0.0755 e. The number of fused-ring (bicyclic) bond motifs is 13. The third-order valence-corrected chi connectivity index (χ3v) is 14.8. The fourth-order valence-corrected chi connectivity index (χ4v) is 12.0. The van der Waals surface area contributed by atoms with E-state index in [4.69, 9.17) is 0 Å². The van der Waals surface area contributed by atoms with Crippen LogP contribution in [0.25, 0.3) is 65.7 Å². The van der Waals surface area contributed by atoms with E-state index in [-0.39, 0.29) is 0 Å². The van der Waals surface area contributed by atoms with Gasteiger partial charge in [-0.15, -0.1) is 0 Å². The molecule has 0 atom stereocenters. The predicted molar refractivity (Wildman–Crippen MR) is 290 cm³/mol. The monoisotopic (exact) mass is 876 g/mol. The van der Waals surface area contributed by atoms with Crippen molar-refractivity contribution < 1.29 is 0 Å². The standard InChI is InChI=1S/C67H44N2/c1-2-23-48(24-3-1)68-63-37-16-13-33-59(63)67(60-34-14-17-38-64(60)68)58-32-12-10-30-57(58)66-61(67)35-19-39-65(66)69(49-42-43-52-47(44-49)41-40-46-21-5-6-25-50(46)52)62-36-15-11-29-56(62)55-28-9-8-27-54(55)53-31-18-22-45-20-4-7-26-51(45)53/h1-44H. The Bertz CT molecular complexity index is 3940. The lowest BCUT2D eigenvalue weighted by Gasteiger charge is -2.45. The van der Waals surface area contributed by atoms with Crippen molar-refractivity contribution in [2.45, 2.75) is 5.41 Å². The number of para-hydroxylation sites is 4. The Morgan fingerprint density at radius 1 is 0.290 bits per heavy atom. The normalized spacial score (nSPS) is 13.0. The third-order valence-electron chi connectivity index (χ3n) is 14.8. The Hall–Kier alpha value is -8.98. The van der Waals surface area contributed by atoms with Gasteiger partial charge in [0.25, 0.3) is 0 Å². The maximum absolute atomic E-state index is 2.55. The highest BCUT2D eigenvalue weighted by Crippen LogP contribution is 2.65. The number of nitrogens with zero attached hydrogens (tertiary/aromatic N) is 2. The van der Waals surface area contributed by atoms with Crippen molar-refractivity contribution in [2.75, 3.05) is 9.80 Å². The summed E-state index contributed by atoms with van der Waals surface area (Å²) in [6, 6.07) is 98.9. The van der Waals surface area contributed by atoms with Gasteiger partial charge >= 0.3 is 0 Å². The van der Waals surface area contributed by atoms with Gasteiger partial charge in [0.15, 0.2) is 0 Å². The Balaban J connectivity index is 1.07. The fourth-order valence-electron chi connectivity index (χ4n) is 12.0. The molecule has 0 radical (unpaired) electrons. The van der Waals surface area contributed by atoms with Crippen LogP contribution < -0.4 is 9.80 Å². The summed E-state index contributed by atoms with van der Waals surface area (Å²) in [5.74, 6) is 0. The SMILES string of the molecule is c1ccc(N2c3ccccc3C3(c4ccccc4-c4c(N(c5ccc6c(ccc7ccccc76)c5)c5ccccc5-c5ccccc5-c5cccc6ccccc56)cccc43)c3ccccc32)cc1. The number of anilines is 6. The van der Waals surface area contributed by atoms with Gasteiger partial charge < -0.3 is 9.80 Å². The molecule has 69 heavy (non-hydrogen) atoms. The van der Waals surface area contributed by atoms with Gasteiger partial charge in [0, 0.05) is 22.5 Å². The first-order valence-corrected chi connectivity index (χ1v) is 23.9. The van der Waals surface area contributed by atoms with Crippen LogP contribution >= 0.6 is 0 Å². The molecule has 2 aliphatic rings. The minimum absolute atomic E-state index is 0.602. The molecule has 1 aliphatic carbocycles. The van der Waals surface area contributed by atoms with E-state index < -0.39 is 5.41 Å². The molecule has 0 saturated heterocycles. The minimum Gasteiger partial charge on any atom is -0.310 e. The van der Waals surface area contributed by atoms with Crippen LogP contribution in [-0.2, 0) is 5.41 Å². The van der Waals surface area contributed by atoms with Crippen LogP contribution in [0.1, 0.15) is 22.3 Å². The number of rotatable bonds is 6. The van der Waals surface area contributed by atoms with Gasteiger partial charge in [-0.2, -0.15) is 0 Å². The second-order valence-electron chi connectivity index (χ2n) is 18.3. The van der Waals surface area contributed by atoms with Gasteiger partial charge in [-0.3, -0.25) is 0 Å². The van der Waals surface area contributed by atoms with Crippen molar-refractivity contribution >= 4 is 66.4 Å². The number of benzene rings is 12. The van der Waals surface area contributed by atoms with Gasteiger partial charge in [0.05, 0.1) is 28.2 Å². The lowest BCUT2D eigenvalue weighted by molar-refractivity contribution is 0.752. The molecule has 0 amide bonds. The van der Waals surface area contributed by atoms with Crippen LogP contribution in [0.3, 0.4) is 0 Å². The van der Waals surface area contributed by atoms with E-state index in [0.29, 0.717) is 0 Å². The summed E-state index contributed by atoms with van der Waals surface area (Å²) in [5.41, 5.74) is 18.6. The highest BCUT2D eigenvalue weighted by atomic mass is 15.2. The molecule has 1 aliphatic heterocycles. The molecule has 0 aromatic heterocycles. The summed E-state index contributed by atoms with van der Waals surface area (Å²) < 4.78 is 0. The van der Waals surface area contributed by atoms with E-state index in [2.05, 4.69) is 277 Å². The number of hydrogen-bond acceptors (Lipinski definition) is 2. The average Bonchev–Trinajstić information content (AvgIpc) is 3.72. The maximum atomic E-state index is 2.55. The van der Waals surface area contributed by atoms with E-state index >= 15 is 0 Å². The molecule has 0 unspecified atom stereocenters. The largest absolute Gasteiger partial charge is 0.310 e. The van der Waals surface area contributed by atoms with E-state index in [0.717, 1.165) is 28.3 Å². The molecule has 0 saturated carbocycles. The lowest BCUT2D eigenvalue weighted by Crippen LogP contribution is -2.36. The third kappa shape index (κ3) is 5.79. The predicted octanol–water partition coefficient (Wildman–Crippen LogP) is 18.1. The molecule has 1 heterocycles. The zero-order chi connectivity index (χ0) is 45.5. The molecule has 0 bridgehead atoms. The highest BCUT2D eigenvalue weighted by molar-refractivity contribution is 6.10. The van der Waals surface area contributed by atoms with Crippen LogP contribution in [0, 0.1) is 0 Å². The Kier molecular flexibility index (Phi) is 8.84. The molecule has 0 N–H and O–H groups in total. The summed E-state index contributed by atoms with van der Waals surface area (Å²) >= 11 is 0. The summed E-state index contributed by atoms with van der Waals surface area (Å²) in [6.45, 7) is 0. The molecular formula is C67H44N2. The summed E-state index contributed by atoms with van der Waals surface area (Å²) in [6.07, 6.45) is 0. The first-order chi connectivity index (χ1) is 34.3. The first kappa shape index (κ1) is 39.2. The summed E-state index contributed by atoms with van der Waals surface area (Å²) in [4.78, 5) is 5.00. The van der Waals surface area contributed by atoms with Crippen LogP contribution in [-0.4, -0.2) is 0 Å². The Morgan fingerprint density at radius 2 is 0.783 bits per heavy atom. The van der Waals surface area contributed by atoms with Gasteiger partial charge in [0.2, 0.25) is 0 Å². The van der Waals surface area contributed by atoms with Crippen molar-refractivity contribution in [3.05, 3.63) is 289 Å². The van der Waals surface area contributed by atoms with E-state index in [9.17, 15) is 0 Å². The van der Waals surface area contributed by atoms with E-state index in [1.165, 1.54) is 93.8 Å². The molecule has 1 spiro atoms. The van der Waals surface area contributed by atoms with Crippen molar-refractivity contribution in [2.24, 2.45) is 0 Å². The molecule has 0 fully saturated rings. The molecule has 322 valence electrons. The van der Waals surface area contributed by atoms with E-state index in [1.54, 1.807) is 0 Å². The van der Waals surface area contributed by atoms with Crippen molar-refractivity contribution in [3.8, 4) is 33.4 Å². The molecule has 2 heteroatoms. The summed E-state index contributed by atoms with van der Waals surface area (Å²) in [5, 5.41) is 7.41. The van der Waals surface area contributed by atoms with E-state index in [1.807, 2.05) is 0 Å². The van der Waals surface area contributed by atoms with Gasteiger partial charge in [-0.05, 0) is 125 Å². The molecule has 12 aromatic rings. The highest BCUT2D eigenvalue weighted by Gasteiger charge is 2.52. The molecule has 12 aromatic carbocycles. The van der Waals surface area contributed by atoms with Crippen LogP contribution in [0.15, 0.2) is 267 Å². The van der Waals surface area contributed by atoms with Crippen molar-refractivity contribution in [1.82, 2.24) is 0 Å². The van der Waals surface area contributed by atoms with Crippen molar-refractivity contribution in [3.63, 3.8) is 0 Å². The van der Waals surface area contributed by atoms with Crippen LogP contribution in [0.5, 0.6) is 0 Å². The average molecular weight is 877 g/mol. The fraction of sp³-hybridized carbons (Fsp3) is 0.0149. The van der Waals surface area contributed by atoms with Crippen LogP contribution in [0.2, 0.25) is 0 Å². The summed E-state index contributed by atoms with van der Waals surface area (Å²) in [7, 11) is 0. The Labute approximate surface area is 402 Å². The van der Waals surface area contributed by atoms with Gasteiger partial charge in [-0.1, -0.05) is 218 Å². The molecule has 14 rings (SSSR count). The second kappa shape index (κ2) is 15.6. The Morgan fingerprint density at radius 3 is 1.55 bits per heavy atom. The molecular weight excluding hydrogens is 833 g/mol. The smallest absolute Gasteiger partial charge is 0.0755 e.